The van der Waals surface area contributed by atoms with Crippen molar-refractivity contribution >= 4 is 15.9 Å². The predicted octanol–water partition coefficient (Wildman–Crippen LogP) is 3.51. The Kier molecular flexibility index (Phi) is 7.56. The van der Waals surface area contributed by atoms with E-state index in [-0.39, 0.29) is 17.9 Å². The van der Waals surface area contributed by atoms with Gasteiger partial charge in [0.1, 0.15) is 0 Å². The Morgan fingerprint density at radius 3 is 2.31 bits per heavy atom. The lowest BCUT2D eigenvalue weighted by molar-refractivity contribution is -0.126. The van der Waals surface area contributed by atoms with Crippen molar-refractivity contribution < 1.29 is 17.9 Å². The van der Waals surface area contributed by atoms with Gasteiger partial charge in [0.2, 0.25) is 21.8 Å². The number of carbonyl (C=O) groups excluding carboxylic acids is 1. The number of aromatic nitrogens is 1. The number of piperidine rings is 1. The third kappa shape index (κ3) is 5.66. The van der Waals surface area contributed by atoms with Crippen LogP contribution in [0.15, 0.2) is 35.4 Å². The number of rotatable bonds is 7. The van der Waals surface area contributed by atoms with Gasteiger partial charge >= 0.3 is 0 Å². The highest BCUT2D eigenvalue weighted by molar-refractivity contribution is 7.89. The van der Waals surface area contributed by atoms with Crippen LogP contribution in [0.25, 0.3) is 0 Å². The molecule has 1 N–H and O–H groups in total. The Bertz CT molecular complexity index is 1030. The molecule has 0 atom stereocenters. The minimum absolute atomic E-state index is 0.0488. The Hall–Kier alpha value is -2.45. The number of carbonyl (C=O) groups is 1. The molecule has 7 nitrogen and oxygen atoms in total. The molecule has 174 valence electrons. The van der Waals surface area contributed by atoms with Crippen molar-refractivity contribution in [2.75, 3.05) is 13.1 Å². The first-order valence-corrected chi connectivity index (χ1v) is 12.5. The number of nitrogens with one attached hydrogen (secondary N) is 1. The SMILES string of the molecule is Cc1cc(C)c(S(=O)(=O)N2CCC(C(=O)NCc3ccc(OC(C)C)nc3)CC2)c(C)c1. The van der Waals surface area contributed by atoms with Crippen LogP contribution in [-0.2, 0) is 21.4 Å². The van der Waals surface area contributed by atoms with Crippen molar-refractivity contribution in [2.45, 2.75) is 65.0 Å². The van der Waals surface area contributed by atoms with Gasteiger partial charge in [-0.1, -0.05) is 23.8 Å². The van der Waals surface area contributed by atoms with Crippen LogP contribution in [0, 0.1) is 26.7 Å². The molecule has 0 unspecified atom stereocenters. The van der Waals surface area contributed by atoms with E-state index in [0.29, 0.717) is 43.3 Å². The summed E-state index contributed by atoms with van der Waals surface area (Å²) in [6.45, 7) is 10.6. The maximum absolute atomic E-state index is 13.2. The van der Waals surface area contributed by atoms with E-state index in [1.54, 1.807) is 12.3 Å². The average molecular weight is 460 g/mol. The quantitative estimate of drug-likeness (QED) is 0.684. The van der Waals surface area contributed by atoms with Crippen LogP contribution < -0.4 is 10.1 Å². The number of ether oxygens (including phenoxy) is 1. The summed E-state index contributed by atoms with van der Waals surface area (Å²) in [6, 6.07) is 7.47. The lowest BCUT2D eigenvalue weighted by Gasteiger charge is -2.31. The smallest absolute Gasteiger partial charge is 0.243 e. The van der Waals surface area contributed by atoms with E-state index in [9.17, 15) is 13.2 Å². The Morgan fingerprint density at radius 1 is 1.16 bits per heavy atom. The van der Waals surface area contributed by atoms with Crippen molar-refractivity contribution in [3.05, 3.63) is 52.7 Å². The number of nitrogens with zero attached hydrogens (tertiary/aromatic N) is 2. The summed E-state index contributed by atoms with van der Waals surface area (Å²) < 4.78 is 33.5. The van der Waals surface area contributed by atoms with Gasteiger partial charge in [0.15, 0.2) is 0 Å². The first-order chi connectivity index (χ1) is 15.1. The standard InChI is InChI=1S/C24H33N3O4S/c1-16(2)31-22-7-6-20(14-25-22)15-26-24(28)21-8-10-27(11-9-21)32(29,30)23-18(4)12-17(3)13-19(23)5/h6-7,12-14,16,21H,8-11,15H2,1-5H3,(H,26,28). The molecule has 1 aliphatic heterocycles. The van der Waals surface area contributed by atoms with E-state index in [4.69, 9.17) is 4.74 Å². The van der Waals surface area contributed by atoms with Crippen LogP contribution >= 0.6 is 0 Å². The number of amides is 1. The molecule has 0 spiro atoms. The van der Waals surface area contributed by atoms with Crippen LogP contribution in [0.5, 0.6) is 5.88 Å². The topological polar surface area (TPSA) is 88.6 Å². The van der Waals surface area contributed by atoms with Crippen LogP contribution in [0.4, 0.5) is 0 Å². The van der Waals surface area contributed by atoms with Crippen molar-refractivity contribution in [3.63, 3.8) is 0 Å². The number of pyridine rings is 1. The number of aryl methyl sites for hydroxylation is 3. The van der Waals surface area contributed by atoms with Crippen LogP contribution in [0.2, 0.25) is 0 Å². The summed E-state index contributed by atoms with van der Waals surface area (Å²) in [5, 5.41) is 2.95. The summed E-state index contributed by atoms with van der Waals surface area (Å²) in [6.07, 6.45) is 2.77. The molecule has 1 aromatic heterocycles. The molecule has 8 heteroatoms. The lowest BCUT2D eigenvalue weighted by Crippen LogP contribution is -2.43. The zero-order chi connectivity index (χ0) is 23.5. The summed E-state index contributed by atoms with van der Waals surface area (Å²) >= 11 is 0. The van der Waals surface area contributed by atoms with Gasteiger partial charge in [0.25, 0.3) is 0 Å². The van der Waals surface area contributed by atoms with Crippen molar-refractivity contribution in [3.8, 4) is 5.88 Å². The average Bonchev–Trinajstić information content (AvgIpc) is 2.71. The molecule has 1 aliphatic rings. The molecule has 32 heavy (non-hydrogen) atoms. The van der Waals surface area contributed by atoms with Gasteiger partial charge in [-0.25, -0.2) is 13.4 Å². The fraction of sp³-hybridized carbons (Fsp3) is 0.500. The van der Waals surface area contributed by atoms with Crippen molar-refractivity contribution in [1.82, 2.24) is 14.6 Å². The van der Waals surface area contributed by atoms with Gasteiger partial charge in [-0.15, -0.1) is 0 Å². The summed E-state index contributed by atoms with van der Waals surface area (Å²) in [7, 11) is -3.58. The first kappa shape index (κ1) is 24.2. The van der Waals surface area contributed by atoms with Gasteiger partial charge in [-0.05, 0) is 64.2 Å². The maximum Gasteiger partial charge on any atom is 0.243 e. The molecular formula is C24H33N3O4S. The second-order valence-electron chi connectivity index (χ2n) is 8.80. The van der Waals surface area contributed by atoms with Crippen LogP contribution in [-0.4, -0.2) is 42.8 Å². The molecule has 2 heterocycles. The number of hydrogen-bond donors (Lipinski definition) is 1. The molecule has 1 amide bonds. The maximum atomic E-state index is 13.2. The molecule has 0 bridgehead atoms. The highest BCUT2D eigenvalue weighted by atomic mass is 32.2. The van der Waals surface area contributed by atoms with Gasteiger partial charge in [-0.3, -0.25) is 4.79 Å². The van der Waals surface area contributed by atoms with E-state index in [0.717, 1.165) is 22.3 Å². The van der Waals surface area contributed by atoms with Crippen LogP contribution in [0.3, 0.4) is 0 Å². The molecule has 0 aliphatic carbocycles. The van der Waals surface area contributed by atoms with E-state index in [1.165, 1.54) is 4.31 Å². The van der Waals surface area contributed by atoms with E-state index in [2.05, 4.69) is 10.3 Å². The highest BCUT2D eigenvalue weighted by Crippen LogP contribution is 2.29. The number of benzene rings is 1. The third-order valence-corrected chi connectivity index (χ3v) is 7.85. The zero-order valence-corrected chi connectivity index (χ0v) is 20.3. The number of sulfonamides is 1. The van der Waals surface area contributed by atoms with E-state index in [1.807, 2.05) is 52.8 Å². The summed E-state index contributed by atoms with van der Waals surface area (Å²) in [5.74, 6) is 0.313. The molecule has 0 radical (unpaired) electrons. The molecule has 1 fully saturated rings. The second-order valence-corrected chi connectivity index (χ2v) is 10.7. The normalized spacial score (nSPS) is 15.7. The Balaban J connectivity index is 1.55. The first-order valence-electron chi connectivity index (χ1n) is 11.0. The van der Waals surface area contributed by atoms with E-state index < -0.39 is 10.0 Å². The lowest BCUT2D eigenvalue weighted by atomic mass is 9.97. The third-order valence-electron chi connectivity index (χ3n) is 5.65. The minimum atomic E-state index is -3.58. The molecule has 1 saturated heterocycles. The van der Waals surface area contributed by atoms with Crippen LogP contribution in [0.1, 0.15) is 48.9 Å². The monoisotopic (exact) mass is 459 g/mol. The molecule has 2 aromatic rings. The molecule has 1 aromatic carbocycles. The second kappa shape index (κ2) is 10.0. The van der Waals surface area contributed by atoms with Crippen molar-refractivity contribution in [1.29, 1.82) is 0 Å². The Labute approximate surface area is 191 Å². The van der Waals surface area contributed by atoms with Crippen molar-refractivity contribution in [2.24, 2.45) is 5.92 Å². The highest BCUT2D eigenvalue weighted by Gasteiger charge is 2.33. The van der Waals surface area contributed by atoms with Gasteiger partial charge < -0.3 is 10.1 Å². The minimum Gasteiger partial charge on any atom is -0.475 e. The fourth-order valence-corrected chi connectivity index (χ4v) is 6.10. The molecular weight excluding hydrogens is 426 g/mol. The Morgan fingerprint density at radius 2 is 1.78 bits per heavy atom. The largest absolute Gasteiger partial charge is 0.475 e. The van der Waals surface area contributed by atoms with Gasteiger partial charge in [0.05, 0.1) is 11.0 Å². The van der Waals surface area contributed by atoms with E-state index >= 15 is 0 Å². The van der Waals surface area contributed by atoms with Gasteiger partial charge in [0, 0.05) is 37.8 Å². The molecule has 3 rings (SSSR count). The summed E-state index contributed by atoms with van der Waals surface area (Å²) in [5.41, 5.74) is 3.47. The van der Waals surface area contributed by atoms with Gasteiger partial charge in [-0.2, -0.15) is 4.31 Å². The molecule has 0 saturated carbocycles. The summed E-state index contributed by atoms with van der Waals surface area (Å²) in [4.78, 5) is 17.3. The zero-order valence-electron chi connectivity index (χ0n) is 19.5. The number of hydrogen-bond acceptors (Lipinski definition) is 5. The fourth-order valence-electron chi connectivity index (χ4n) is 4.22. The predicted molar refractivity (Wildman–Crippen MR) is 124 cm³/mol.